The van der Waals surface area contributed by atoms with Gasteiger partial charge in [-0.05, 0) is 25.5 Å². The summed E-state index contributed by atoms with van der Waals surface area (Å²) >= 11 is 0. The molecule has 4 rings (SSSR count). The molecule has 0 aliphatic carbocycles. The third-order valence-electron chi connectivity index (χ3n) is 6.16. The zero-order chi connectivity index (χ0) is 22.4. The van der Waals surface area contributed by atoms with Crippen molar-refractivity contribution in [3.05, 3.63) is 35.1 Å². The summed E-state index contributed by atoms with van der Waals surface area (Å²) in [6, 6.07) is 2.21. The maximum absolute atomic E-state index is 14.0. The summed E-state index contributed by atoms with van der Waals surface area (Å²) in [6.07, 6.45) is -3.47. The van der Waals surface area contributed by atoms with Gasteiger partial charge in [0.1, 0.15) is 18.0 Å². The van der Waals surface area contributed by atoms with Crippen molar-refractivity contribution in [2.45, 2.75) is 44.3 Å². The Morgan fingerprint density at radius 2 is 2.03 bits per heavy atom. The molecular weight excluding hydrogens is 420 g/mol. The number of ketones is 1. The van der Waals surface area contributed by atoms with Crippen molar-refractivity contribution in [3.63, 3.8) is 0 Å². The number of Topliss-reactive ketones (excluding diaryl/α,β-unsaturated/α-hetero) is 1. The summed E-state index contributed by atoms with van der Waals surface area (Å²) in [5.41, 5.74) is -1.72. The Hall–Kier alpha value is -2.20. The number of carbonyl (C=O) groups excluding carboxylic acids is 2. The van der Waals surface area contributed by atoms with Crippen LogP contribution < -0.4 is 0 Å². The maximum Gasteiger partial charge on any atom is 0.416 e. The summed E-state index contributed by atoms with van der Waals surface area (Å²) in [7, 11) is 0. The number of carbonyl (C=O) groups is 2. The van der Waals surface area contributed by atoms with Crippen molar-refractivity contribution in [2.24, 2.45) is 5.92 Å². The minimum Gasteiger partial charge on any atom is -0.370 e. The van der Waals surface area contributed by atoms with E-state index in [2.05, 4.69) is 0 Å². The molecule has 2 atom stereocenters. The lowest BCUT2D eigenvalue weighted by Gasteiger charge is -2.50. The monoisotopic (exact) mass is 444 g/mol. The van der Waals surface area contributed by atoms with Gasteiger partial charge in [-0.3, -0.25) is 4.79 Å². The topological polar surface area (TPSA) is 59.1 Å². The summed E-state index contributed by atoms with van der Waals surface area (Å²) < 4.78 is 63.3. The molecule has 0 unspecified atom stereocenters. The van der Waals surface area contributed by atoms with E-state index in [-0.39, 0.29) is 42.6 Å². The normalized spacial score (nSPS) is 25.8. The molecule has 0 aromatic heterocycles. The van der Waals surface area contributed by atoms with E-state index in [0.29, 0.717) is 45.1 Å². The van der Waals surface area contributed by atoms with Gasteiger partial charge in [-0.25, -0.2) is 9.18 Å². The number of urea groups is 1. The first-order valence-electron chi connectivity index (χ1n) is 10.2. The van der Waals surface area contributed by atoms with Gasteiger partial charge in [0.25, 0.3) is 0 Å². The molecule has 3 fully saturated rings. The van der Waals surface area contributed by atoms with E-state index in [0.717, 1.165) is 12.1 Å². The lowest BCUT2D eigenvalue weighted by Crippen LogP contribution is -2.66. The molecule has 10 heteroatoms. The van der Waals surface area contributed by atoms with Crippen LogP contribution in [0.4, 0.5) is 22.4 Å². The van der Waals surface area contributed by atoms with Crippen LogP contribution in [0.25, 0.3) is 0 Å². The highest BCUT2D eigenvalue weighted by molar-refractivity contribution is 5.81. The largest absolute Gasteiger partial charge is 0.416 e. The molecule has 170 valence electrons. The predicted molar refractivity (Wildman–Crippen MR) is 101 cm³/mol. The van der Waals surface area contributed by atoms with Crippen molar-refractivity contribution in [1.29, 1.82) is 0 Å². The van der Waals surface area contributed by atoms with E-state index < -0.39 is 23.2 Å². The van der Waals surface area contributed by atoms with Gasteiger partial charge in [0.15, 0.2) is 5.78 Å². The quantitative estimate of drug-likeness (QED) is 0.672. The predicted octanol–water partition coefficient (Wildman–Crippen LogP) is 3.24. The second-order valence-electron chi connectivity index (χ2n) is 8.77. The van der Waals surface area contributed by atoms with Crippen molar-refractivity contribution in [2.75, 3.05) is 32.8 Å². The lowest BCUT2D eigenvalue weighted by atomic mass is 9.88. The van der Waals surface area contributed by atoms with Crippen molar-refractivity contribution in [3.8, 4) is 0 Å². The molecule has 1 aromatic carbocycles. The molecule has 6 nitrogen and oxygen atoms in total. The molecule has 3 aliphatic heterocycles. The van der Waals surface area contributed by atoms with Crippen molar-refractivity contribution < 1.29 is 36.6 Å². The fourth-order valence-corrected chi connectivity index (χ4v) is 4.43. The minimum absolute atomic E-state index is 0.0189. The second-order valence-corrected chi connectivity index (χ2v) is 8.77. The molecule has 3 saturated heterocycles. The average molecular weight is 444 g/mol. The number of nitrogens with zero attached hydrogens (tertiary/aromatic N) is 2. The van der Waals surface area contributed by atoms with Gasteiger partial charge < -0.3 is 19.3 Å². The first-order valence-corrected chi connectivity index (χ1v) is 10.2. The number of benzene rings is 1. The number of rotatable bonds is 3. The van der Waals surface area contributed by atoms with Gasteiger partial charge in [-0.2, -0.15) is 13.2 Å². The van der Waals surface area contributed by atoms with Crippen molar-refractivity contribution in [1.82, 2.24) is 9.80 Å². The fraction of sp³-hybridized carbons (Fsp3) is 0.619. The molecular formula is C21H24F4N2O4. The Labute approximate surface area is 177 Å². The van der Waals surface area contributed by atoms with E-state index in [1.807, 2.05) is 0 Å². The molecule has 31 heavy (non-hydrogen) atoms. The van der Waals surface area contributed by atoms with Crippen LogP contribution in [-0.2, 0) is 27.1 Å². The van der Waals surface area contributed by atoms with Crippen LogP contribution in [0.2, 0.25) is 0 Å². The molecule has 0 saturated carbocycles. The van der Waals surface area contributed by atoms with Crippen LogP contribution in [0, 0.1) is 11.7 Å². The van der Waals surface area contributed by atoms with Crippen LogP contribution in [-0.4, -0.2) is 66.1 Å². The fourth-order valence-electron chi connectivity index (χ4n) is 4.43. The van der Waals surface area contributed by atoms with E-state index in [1.54, 1.807) is 16.7 Å². The highest BCUT2D eigenvalue weighted by atomic mass is 19.4. The van der Waals surface area contributed by atoms with Gasteiger partial charge in [-0.1, -0.05) is 6.07 Å². The van der Waals surface area contributed by atoms with E-state index >= 15 is 0 Å². The molecule has 3 heterocycles. The Morgan fingerprint density at radius 1 is 1.29 bits per heavy atom. The maximum atomic E-state index is 14.0. The van der Waals surface area contributed by atoms with E-state index in [1.165, 1.54) is 0 Å². The molecule has 0 radical (unpaired) electrons. The van der Waals surface area contributed by atoms with Crippen molar-refractivity contribution >= 4 is 11.8 Å². The highest BCUT2D eigenvalue weighted by Gasteiger charge is 2.45. The number of ether oxygens (including phenoxy) is 2. The highest BCUT2D eigenvalue weighted by Crippen LogP contribution is 2.33. The summed E-state index contributed by atoms with van der Waals surface area (Å²) in [5, 5.41) is 0. The second kappa shape index (κ2) is 8.05. The Bertz CT molecular complexity index is 869. The summed E-state index contributed by atoms with van der Waals surface area (Å²) in [5.74, 6) is -0.903. The first kappa shape index (κ1) is 22.0. The Kier molecular flexibility index (Phi) is 5.72. The standard InChI is InChI=1S/C21H24F4N2O4/c1-20(31-9-13-2-3-15(7-17(13)22)21(23,24)25)11-27(12-20)19(29)26-5-4-18-14(8-26)6-16(28)10-30-18/h2-3,7,14,18H,4-6,8-12H2,1H3/t14-,18+/m1/s1. The number of likely N-dealkylation sites (tertiary alicyclic amines) is 2. The molecule has 3 aliphatic rings. The lowest BCUT2D eigenvalue weighted by molar-refractivity contribution is -0.142. The van der Waals surface area contributed by atoms with Crippen LogP contribution in [0.5, 0.6) is 0 Å². The van der Waals surface area contributed by atoms with Crippen LogP contribution >= 0.6 is 0 Å². The number of piperidine rings is 1. The van der Waals surface area contributed by atoms with Gasteiger partial charge in [-0.15, -0.1) is 0 Å². The van der Waals surface area contributed by atoms with Gasteiger partial charge in [0, 0.05) is 31.0 Å². The number of halogens is 4. The van der Waals surface area contributed by atoms with Crippen LogP contribution in [0.1, 0.15) is 30.9 Å². The SMILES string of the molecule is CC1(OCc2ccc(C(F)(F)F)cc2F)CN(C(=O)N2CC[C@@H]3OCC(=O)C[C@@H]3C2)C1. The Morgan fingerprint density at radius 3 is 2.71 bits per heavy atom. The third kappa shape index (κ3) is 4.69. The van der Waals surface area contributed by atoms with E-state index in [4.69, 9.17) is 9.47 Å². The number of alkyl halides is 3. The summed E-state index contributed by atoms with van der Waals surface area (Å²) in [4.78, 5) is 27.8. The van der Waals surface area contributed by atoms with Crippen LogP contribution in [0.15, 0.2) is 18.2 Å². The first-order chi connectivity index (χ1) is 14.5. The summed E-state index contributed by atoms with van der Waals surface area (Å²) in [6.45, 7) is 3.37. The van der Waals surface area contributed by atoms with Crippen LogP contribution in [0.3, 0.4) is 0 Å². The van der Waals surface area contributed by atoms with Gasteiger partial charge in [0.05, 0.1) is 31.4 Å². The minimum atomic E-state index is -4.60. The molecule has 0 N–H and O–H groups in total. The van der Waals surface area contributed by atoms with Gasteiger partial charge in [0.2, 0.25) is 0 Å². The number of hydrogen-bond donors (Lipinski definition) is 0. The molecule has 1 aromatic rings. The average Bonchev–Trinajstić information content (AvgIpc) is 2.69. The molecule has 0 bridgehead atoms. The zero-order valence-corrected chi connectivity index (χ0v) is 17.1. The zero-order valence-electron chi connectivity index (χ0n) is 17.1. The molecule has 2 amide bonds. The number of hydrogen-bond acceptors (Lipinski definition) is 4. The van der Waals surface area contributed by atoms with E-state index in [9.17, 15) is 27.2 Å². The third-order valence-corrected chi connectivity index (χ3v) is 6.16. The Balaban J connectivity index is 1.28. The van der Waals surface area contributed by atoms with Gasteiger partial charge >= 0.3 is 12.2 Å². The number of amides is 2. The number of fused-ring (bicyclic) bond motifs is 1. The smallest absolute Gasteiger partial charge is 0.370 e. The molecule has 0 spiro atoms.